The molecule has 0 spiro atoms. The largest absolute Gasteiger partial charge is 0.468 e. The van der Waals surface area contributed by atoms with Crippen LogP contribution in [0.1, 0.15) is 18.1 Å². The minimum Gasteiger partial charge on any atom is -0.468 e. The van der Waals surface area contributed by atoms with E-state index in [0.717, 1.165) is 12.8 Å². The molecule has 0 fully saturated rings. The van der Waals surface area contributed by atoms with Gasteiger partial charge in [0.15, 0.2) is 0 Å². The van der Waals surface area contributed by atoms with E-state index >= 15 is 0 Å². The van der Waals surface area contributed by atoms with Gasteiger partial charge in [-0.1, -0.05) is 24.3 Å². The highest BCUT2D eigenvalue weighted by Crippen LogP contribution is 2.22. The Hall–Kier alpha value is -1.39. The third kappa shape index (κ3) is 2.71. The van der Waals surface area contributed by atoms with Crippen molar-refractivity contribution in [3.8, 4) is 0 Å². The van der Waals surface area contributed by atoms with Gasteiger partial charge < -0.3 is 9.84 Å². The Kier molecular flexibility index (Phi) is 3.99. The van der Waals surface area contributed by atoms with Gasteiger partial charge in [-0.15, -0.1) is 0 Å². The molecule has 0 bridgehead atoms. The second kappa shape index (κ2) is 5.50. The summed E-state index contributed by atoms with van der Waals surface area (Å²) in [6.45, 7) is 1.59. The van der Waals surface area contributed by atoms with Crippen molar-refractivity contribution in [1.82, 2.24) is 5.32 Å². The molecule has 0 aliphatic heterocycles. The van der Waals surface area contributed by atoms with Crippen LogP contribution in [0, 0.1) is 0 Å². The first-order valence-electron chi connectivity index (χ1n) is 6.20. The molecule has 2 atom stereocenters. The molecule has 0 amide bonds. The maximum atomic E-state index is 11.6. The number of esters is 1. The van der Waals surface area contributed by atoms with Crippen molar-refractivity contribution in [2.45, 2.75) is 38.0 Å². The van der Waals surface area contributed by atoms with E-state index < -0.39 is 18.1 Å². The fourth-order valence-electron chi connectivity index (χ4n) is 2.46. The number of fused-ring (bicyclic) bond motifs is 1. The van der Waals surface area contributed by atoms with Gasteiger partial charge in [0.25, 0.3) is 0 Å². The van der Waals surface area contributed by atoms with Gasteiger partial charge in [-0.25, -0.2) is 0 Å². The molecule has 0 saturated carbocycles. The molecule has 0 radical (unpaired) electrons. The summed E-state index contributed by atoms with van der Waals surface area (Å²) in [4.78, 5) is 11.6. The van der Waals surface area contributed by atoms with Crippen LogP contribution in [-0.4, -0.2) is 36.4 Å². The average Bonchev–Trinajstić information content (AvgIpc) is 2.77. The molecule has 0 aromatic heterocycles. The first-order chi connectivity index (χ1) is 8.61. The third-order valence-electron chi connectivity index (χ3n) is 3.40. The number of benzene rings is 1. The number of nitrogens with one attached hydrogen (secondary N) is 1. The van der Waals surface area contributed by atoms with Gasteiger partial charge in [0.1, 0.15) is 6.04 Å². The van der Waals surface area contributed by atoms with E-state index in [1.165, 1.54) is 18.2 Å². The van der Waals surface area contributed by atoms with Crippen LogP contribution in [0.5, 0.6) is 0 Å². The molecule has 0 heterocycles. The summed E-state index contributed by atoms with van der Waals surface area (Å²) in [7, 11) is 1.34. The average molecular weight is 249 g/mol. The van der Waals surface area contributed by atoms with Crippen LogP contribution in [0.3, 0.4) is 0 Å². The zero-order valence-electron chi connectivity index (χ0n) is 10.7. The van der Waals surface area contributed by atoms with Crippen molar-refractivity contribution in [1.29, 1.82) is 0 Å². The first-order valence-corrected chi connectivity index (χ1v) is 6.20. The summed E-state index contributed by atoms with van der Waals surface area (Å²) >= 11 is 0. The monoisotopic (exact) mass is 249 g/mol. The van der Waals surface area contributed by atoms with Gasteiger partial charge in [0, 0.05) is 6.04 Å². The van der Waals surface area contributed by atoms with Gasteiger partial charge in [0.2, 0.25) is 0 Å². The molecule has 98 valence electrons. The number of carbonyl (C=O) groups excluding carboxylic acids is 1. The summed E-state index contributed by atoms with van der Waals surface area (Å²) in [5, 5.41) is 12.8. The molecule has 1 aliphatic rings. The lowest BCUT2D eigenvalue weighted by atomic mass is 10.1. The van der Waals surface area contributed by atoms with Gasteiger partial charge in [-0.3, -0.25) is 10.1 Å². The maximum Gasteiger partial charge on any atom is 0.325 e. The SMILES string of the molecule is COC(=O)[C@@H](NC1Cc2ccccc2C1)[C@H](C)O. The lowest BCUT2D eigenvalue weighted by Crippen LogP contribution is -2.50. The highest BCUT2D eigenvalue weighted by molar-refractivity contribution is 5.76. The van der Waals surface area contributed by atoms with E-state index in [1.54, 1.807) is 6.92 Å². The minimum atomic E-state index is -0.763. The molecule has 1 aliphatic carbocycles. The molecular weight excluding hydrogens is 230 g/mol. The Morgan fingerprint density at radius 3 is 2.39 bits per heavy atom. The van der Waals surface area contributed by atoms with Crippen LogP contribution < -0.4 is 5.32 Å². The van der Waals surface area contributed by atoms with Gasteiger partial charge in [0.05, 0.1) is 13.2 Å². The van der Waals surface area contributed by atoms with Crippen LogP contribution in [0.25, 0.3) is 0 Å². The molecule has 4 nitrogen and oxygen atoms in total. The summed E-state index contributed by atoms with van der Waals surface area (Å²) in [6, 6.07) is 7.77. The predicted molar refractivity (Wildman–Crippen MR) is 68.3 cm³/mol. The van der Waals surface area contributed by atoms with E-state index in [9.17, 15) is 9.90 Å². The lowest BCUT2D eigenvalue weighted by Gasteiger charge is -2.23. The van der Waals surface area contributed by atoms with E-state index in [2.05, 4.69) is 17.4 Å². The predicted octanol–water partition coefficient (Wildman–Crippen LogP) is 0.666. The highest BCUT2D eigenvalue weighted by atomic mass is 16.5. The topological polar surface area (TPSA) is 58.6 Å². The third-order valence-corrected chi connectivity index (χ3v) is 3.40. The van der Waals surface area contributed by atoms with E-state index in [4.69, 9.17) is 4.74 Å². The van der Waals surface area contributed by atoms with Crippen molar-refractivity contribution in [2.75, 3.05) is 7.11 Å². The van der Waals surface area contributed by atoms with Crippen LogP contribution in [0.15, 0.2) is 24.3 Å². The number of ether oxygens (including phenoxy) is 1. The number of methoxy groups -OCH3 is 1. The molecule has 1 aromatic rings. The number of carbonyl (C=O) groups is 1. The van der Waals surface area contributed by atoms with Crippen LogP contribution >= 0.6 is 0 Å². The molecule has 0 saturated heterocycles. The van der Waals surface area contributed by atoms with Crippen molar-refractivity contribution < 1.29 is 14.6 Å². The summed E-state index contributed by atoms with van der Waals surface area (Å²) in [5.41, 5.74) is 2.62. The fraction of sp³-hybridized carbons (Fsp3) is 0.500. The van der Waals surface area contributed by atoms with Crippen molar-refractivity contribution in [3.05, 3.63) is 35.4 Å². The molecular formula is C14H19NO3. The standard InChI is InChI=1S/C14H19NO3/c1-9(16)13(14(17)18-2)15-12-7-10-5-3-4-6-11(10)8-12/h3-6,9,12-13,15-16H,7-8H2,1-2H3/t9-,13-/m0/s1. The van der Waals surface area contributed by atoms with Gasteiger partial charge in [-0.2, -0.15) is 0 Å². The van der Waals surface area contributed by atoms with Crippen molar-refractivity contribution in [2.24, 2.45) is 0 Å². The molecule has 4 heteroatoms. The lowest BCUT2D eigenvalue weighted by molar-refractivity contribution is -0.146. The normalized spacial score (nSPS) is 18.2. The number of hydrogen-bond donors (Lipinski definition) is 2. The highest BCUT2D eigenvalue weighted by Gasteiger charge is 2.30. The summed E-state index contributed by atoms with van der Waals surface area (Å²) < 4.78 is 4.70. The van der Waals surface area contributed by atoms with Crippen LogP contribution in [0.2, 0.25) is 0 Å². The Labute approximate surface area is 107 Å². The molecule has 0 unspecified atom stereocenters. The van der Waals surface area contributed by atoms with E-state index in [0.29, 0.717) is 0 Å². The zero-order valence-corrected chi connectivity index (χ0v) is 10.7. The fourth-order valence-corrected chi connectivity index (χ4v) is 2.46. The zero-order chi connectivity index (χ0) is 13.1. The second-order valence-corrected chi connectivity index (χ2v) is 4.78. The van der Waals surface area contributed by atoms with Crippen LogP contribution in [0.4, 0.5) is 0 Å². The summed E-state index contributed by atoms with van der Waals surface area (Å²) in [6.07, 6.45) is 1.01. The van der Waals surface area contributed by atoms with E-state index in [1.807, 2.05) is 12.1 Å². The Morgan fingerprint density at radius 2 is 1.94 bits per heavy atom. The smallest absolute Gasteiger partial charge is 0.325 e. The van der Waals surface area contributed by atoms with E-state index in [-0.39, 0.29) is 6.04 Å². The number of aliphatic hydroxyl groups excluding tert-OH is 1. The Balaban J connectivity index is 2.01. The van der Waals surface area contributed by atoms with Gasteiger partial charge in [-0.05, 0) is 30.9 Å². The molecule has 1 aromatic carbocycles. The van der Waals surface area contributed by atoms with Crippen molar-refractivity contribution in [3.63, 3.8) is 0 Å². The Bertz CT molecular complexity index is 406. The molecule has 18 heavy (non-hydrogen) atoms. The molecule has 2 rings (SSSR count). The van der Waals surface area contributed by atoms with Crippen LogP contribution in [-0.2, 0) is 22.4 Å². The molecule has 2 N–H and O–H groups in total. The second-order valence-electron chi connectivity index (χ2n) is 4.78. The number of aliphatic hydroxyl groups is 1. The minimum absolute atomic E-state index is 0.182. The number of rotatable bonds is 4. The Morgan fingerprint density at radius 1 is 1.39 bits per heavy atom. The first kappa shape index (κ1) is 13.1. The maximum absolute atomic E-state index is 11.6. The number of hydrogen-bond acceptors (Lipinski definition) is 4. The van der Waals surface area contributed by atoms with Crippen molar-refractivity contribution >= 4 is 5.97 Å². The quantitative estimate of drug-likeness (QED) is 0.770. The van der Waals surface area contributed by atoms with Gasteiger partial charge >= 0.3 is 5.97 Å². The summed E-state index contributed by atoms with van der Waals surface area (Å²) in [5.74, 6) is -0.416.